The van der Waals surface area contributed by atoms with Crippen LogP contribution in [0.5, 0.6) is 0 Å². The zero-order valence-corrected chi connectivity index (χ0v) is 10.6. The molecule has 1 atom stereocenters. The summed E-state index contributed by atoms with van der Waals surface area (Å²) in [6.45, 7) is 0. The normalized spacial score (nSPS) is 12.6. The van der Waals surface area contributed by atoms with E-state index in [1.807, 2.05) is 30.3 Å². The average Bonchev–Trinajstić information content (AvgIpc) is 2.86. The van der Waals surface area contributed by atoms with Crippen molar-refractivity contribution in [1.29, 1.82) is 0 Å². The van der Waals surface area contributed by atoms with Gasteiger partial charge in [0.15, 0.2) is 5.82 Å². The number of hydrogen-bond acceptors (Lipinski definition) is 4. The van der Waals surface area contributed by atoms with Gasteiger partial charge in [-0.25, -0.2) is 4.98 Å². The van der Waals surface area contributed by atoms with Crippen LogP contribution in [0.15, 0.2) is 30.3 Å². The number of nitrogens with one attached hydrogen (secondary N) is 1. The Balaban J connectivity index is 2.11. The molecule has 0 saturated carbocycles. The second-order valence-electron chi connectivity index (χ2n) is 3.80. The second-order valence-corrected chi connectivity index (χ2v) is 4.78. The highest BCUT2D eigenvalue weighted by molar-refractivity contribution is 7.98. The zero-order valence-electron chi connectivity index (χ0n) is 9.76. The van der Waals surface area contributed by atoms with E-state index >= 15 is 0 Å². The standard InChI is InChI=1S/C12H16N4S/c1-17-8-7-10(13)12-14-11(15-16-12)9-5-3-2-4-6-9/h2-6,10H,7-8,13H2,1H3,(H,14,15,16). The lowest BCUT2D eigenvalue weighted by Gasteiger charge is -2.05. The molecule has 5 heteroatoms. The van der Waals surface area contributed by atoms with Crippen LogP contribution < -0.4 is 5.73 Å². The van der Waals surface area contributed by atoms with Crippen LogP contribution in [0.4, 0.5) is 0 Å². The number of thioether (sulfide) groups is 1. The maximum atomic E-state index is 6.03. The van der Waals surface area contributed by atoms with Crippen LogP contribution in [0.1, 0.15) is 18.3 Å². The molecule has 0 aliphatic heterocycles. The Morgan fingerprint density at radius 2 is 2.12 bits per heavy atom. The van der Waals surface area contributed by atoms with E-state index in [-0.39, 0.29) is 6.04 Å². The number of hydrogen-bond donors (Lipinski definition) is 2. The Morgan fingerprint density at radius 3 is 2.82 bits per heavy atom. The molecule has 0 amide bonds. The Morgan fingerprint density at radius 1 is 1.35 bits per heavy atom. The molecule has 90 valence electrons. The highest BCUT2D eigenvalue weighted by atomic mass is 32.2. The second kappa shape index (κ2) is 5.84. The fourth-order valence-corrected chi connectivity index (χ4v) is 2.03. The van der Waals surface area contributed by atoms with Gasteiger partial charge in [-0.1, -0.05) is 30.3 Å². The highest BCUT2D eigenvalue weighted by Gasteiger charge is 2.11. The summed E-state index contributed by atoms with van der Waals surface area (Å²) in [5, 5.41) is 7.11. The summed E-state index contributed by atoms with van der Waals surface area (Å²) < 4.78 is 0. The van der Waals surface area contributed by atoms with Crippen molar-refractivity contribution >= 4 is 11.8 Å². The van der Waals surface area contributed by atoms with E-state index in [0.29, 0.717) is 5.82 Å². The van der Waals surface area contributed by atoms with Crippen molar-refractivity contribution in [2.75, 3.05) is 12.0 Å². The minimum absolute atomic E-state index is 0.0626. The molecule has 0 aliphatic carbocycles. The van der Waals surface area contributed by atoms with Crippen LogP contribution in [0.3, 0.4) is 0 Å². The van der Waals surface area contributed by atoms with Gasteiger partial charge in [-0.05, 0) is 18.4 Å². The lowest BCUT2D eigenvalue weighted by Crippen LogP contribution is -2.12. The molecule has 0 bridgehead atoms. The Labute approximate surface area is 105 Å². The molecule has 4 nitrogen and oxygen atoms in total. The van der Waals surface area contributed by atoms with Gasteiger partial charge in [0.25, 0.3) is 0 Å². The van der Waals surface area contributed by atoms with Crippen molar-refractivity contribution in [1.82, 2.24) is 15.2 Å². The van der Waals surface area contributed by atoms with Crippen molar-refractivity contribution in [3.8, 4) is 11.4 Å². The quantitative estimate of drug-likeness (QED) is 0.851. The summed E-state index contributed by atoms with van der Waals surface area (Å²) in [5.41, 5.74) is 7.03. The van der Waals surface area contributed by atoms with Gasteiger partial charge in [0.05, 0.1) is 6.04 Å². The molecule has 2 rings (SSSR count). The van der Waals surface area contributed by atoms with Gasteiger partial charge in [-0.3, -0.25) is 5.10 Å². The predicted octanol–water partition coefficient (Wildman–Crippen LogP) is 2.22. The summed E-state index contributed by atoms with van der Waals surface area (Å²) in [7, 11) is 0. The van der Waals surface area contributed by atoms with Gasteiger partial charge in [-0.15, -0.1) is 0 Å². The molecule has 0 radical (unpaired) electrons. The fourth-order valence-electron chi connectivity index (χ4n) is 1.54. The molecule has 0 saturated heterocycles. The maximum Gasteiger partial charge on any atom is 0.181 e. The minimum atomic E-state index is -0.0626. The molecule has 0 spiro atoms. The van der Waals surface area contributed by atoms with Gasteiger partial charge in [-0.2, -0.15) is 16.9 Å². The Kier molecular flexibility index (Phi) is 4.17. The van der Waals surface area contributed by atoms with Crippen LogP contribution in [-0.4, -0.2) is 27.2 Å². The monoisotopic (exact) mass is 248 g/mol. The molecule has 1 aromatic heterocycles. The summed E-state index contributed by atoms with van der Waals surface area (Å²) in [6.07, 6.45) is 2.98. The predicted molar refractivity (Wildman–Crippen MR) is 71.7 cm³/mol. The van der Waals surface area contributed by atoms with Crippen molar-refractivity contribution in [2.24, 2.45) is 5.73 Å². The zero-order chi connectivity index (χ0) is 12.1. The van der Waals surface area contributed by atoms with Gasteiger partial charge in [0, 0.05) is 5.56 Å². The number of H-pyrrole nitrogens is 1. The first kappa shape index (κ1) is 12.1. The van der Waals surface area contributed by atoms with Crippen LogP contribution in [0.2, 0.25) is 0 Å². The van der Waals surface area contributed by atoms with Crippen molar-refractivity contribution in [2.45, 2.75) is 12.5 Å². The van der Waals surface area contributed by atoms with Crippen LogP contribution in [0, 0.1) is 0 Å². The molecule has 0 aliphatic rings. The SMILES string of the molecule is CSCCC(N)c1nc(-c2ccccc2)n[nH]1. The minimum Gasteiger partial charge on any atom is -0.321 e. The Hall–Kier alpha value is -1.33. The summed E-state index contributed by atoms with van der Waals surface area (Å²) >= 11 is 1.79. The number of aromatic amines is 1. The summed E-state index contributed by atoms with van der Waals surface area (Å²) in [4.78, 5) is 4.43. The summed E-state index contributed by atoms with van der Waals surface area (Å²) in [6, 6.07) is 9.83. The van der Waals surface area contributed by atoms with Crippen molar-refractivity contribution < 1.29 is 0 Å². The van der Waals surface area contributed by atoms with E-state index in [9.17, 15) is 0 Å². The molecule has 17 heavy (non-hydrogen) atoms. The third kappa shape index (κ3) is 3.08. The highest BCUT2D eigenvalue weighted by Crippen LogP contribution is 2.17. The molecule has 2 aromatic rings. The van der Waals surface area contributed by atoms with Crippen molar-refractivity contribution in [3.63, 3.8) is 0 Å². The van der Waals surface area contributed by atoms with Gasteiger partial charge in [0.1, 0.15) is 5.82 Å². The number of benzene rings is 1. The first-order valence-corrected chi connectivity index (χ1v) is 6.93. The average molecular weight is 248 g/mol. The maximum absolute atomic E-state index is 6.03. The topological polar surface area (TPSA) is 67.6 Å². The van der Waals surface area contributed by atoms with E-state index < -0.39 is 0 Å². The molecule has 1 heterocycles. The number of rotatable bonds is 5. The number of nitrogens with zero attached hydrogens (tertiary/aromatic N) is 2. The molecule has 1 unspecified atom stereocenters. The Bertz CT molecular complexity index is 455. The van der Waals surface area contributed by atoms with Crippen LogP contribution >= 0.6 is 11.8 Å². The lowest BCUT2D eigenvalue weighted by atomic mass is 10.2. The molecule has 1 aromatic carbocycles. The van der Waals surface area contributed by atoms with Gasteiger partial charge in [0.2, 0.25) is 0 Å². The molecular weight excluding hydrogens is 232 g/mol. The number of nitrogens with two attached hydrogens (primary N) is 1. The van der Waals surface area contributed by atoms with E-state index in [4.69, 9.17) is 5.73 Å². The van der Waals surface area contributed by atoms with Gasteiger partial charge >= 0.3 is 0 Å². The lowest BCUT2D eigenvalue weighted by molar-refractivity contribution is 0.658. The summed E-state index contributed by atoms with van der Waals surface area (Å²) in [5.74, 6) is 2.50. The molecule has 0 fully saturated rings. The van der Waals surface area contributed by atoms with Gasteiger partial charge < -0.3 is 5.73 Å². The fraction of sp³-hybridized carbons (Fsp3) is 0.333. The largest absolute Gasteiger partial charge is 0.321 e. The van der Waals surface area contributed by atoms with Crippen molar-refractivity contribution in [3.05, 3.63) is 36.2 Å². The van der Waals surface area contributed by atoms with E-state index in [1.165, 1.54) is 0 Å². The third-order valence-electron chi connectivity index (χ3n) is 2.52. The first-order valence-electron chi connectivity index (χ1n) is 5.53. The first-order chi connectivity index (χ1) is 8.31. The molecule has 3 N–H and O–H groups in total. The van der Waals surface area contributed by atoms with Crippen LogP contribution in [0.25, 0.3) is 11.4 Å². The van der Waals surface area contributed by atoms with E-state index in [2.05, 4.69) is 21.4 Å². The smallest absolute Gasteiger partial charge is 0.181 e. The molecular formula is C12H16N4S. The van der Waals surface area contributed by atoms with E-state index in [0.717, 1.165) is 23.6 Å². The number of aromatic nitrogens is 3. The van der Waals surface area contributed by atoms with E-state index in [1.54, 1.807) is 11.8 Å². The third-order valence-corrected chi connectivity index (χ3v) is 3.16. The van der Waals surface area contributed by atoms with Crippen LogP contribution in [-0.2, 0) is 0 Å².